The van der Waals surface area contributed by atoms with Crippen molar-refractivity contribution >= 4 is 44.4 Å². The first-order valence-electron chi connectivity index (χ1n) is 9.94. The van der Waals surface area contributed by atoms with Crippen molar-refractivity contribution in [1.29, 1.82) is 5.26 Å². The Morgan fingerprint density at radius 2 is 2.10 bits per heavy atom. The molecule has 0 bridgehead atoms. The molecule has 1 aliphatic carbocycles. The molecule has 0 aliphatic heterocycles. The highest BCUT2D eigenvalue weighted by Gasteiger charge is 2.23. The van der Waals surface area contributed by atoms with Crippen molar-refractivity contribution in [1.82, 2.24) is 9.97 Å². The highest BCUT2D eigenvalue weighted by molar-refractivity contribution is 8.00. The molecule has 1 aromatic carbocycles. The summed E-state index contributed by atoms with van der Waals surface area (Å²) in [6.07, 6.45) is 6.05. The van der Waals surface area contributed by atoms with E-state index in [1.807, 2.05) is 37.3 Å². The number of nitrogens with one attached hydrogen (secondary N) is 1. The summed E-state index contributed by atoms with van der Waals surface area (Å²) in [7, 11) is 0. The van der Waals surface area contributed by atoms with E-state index < -0.39 is 0 Å². The van der Waals surface area contributed by atoms with Crippen LogP contribution in [0.4, 0.5) is 5.13 Å². The lowest BCUT2D eigenvalue weighted by molar-refractivity contribution is -0.115. The van der Waals surface area contributed by atoms with Gasteiger partial charge in [-0.1, -0.05) is 48.6 Å². The average Bonchev–Trinajstić information content (AvgIpc) is 3.00. The fourth-order valence-electron chi connectivity index (χ4n) is 3.53. The Morgan fingerprint density at radius 3 is 2.90 bits per heavy atom. The molecule has 0 radical (unpaired) electrons. The number of thiazole rings is 1. The van der Waals surface area contributed by atoms with E-state index in [9.17, 15) is 10.1 Å². The van der Waals surface area contributed by atoms with Gasteiger partial charge in [0.15, 0.2) is 5.13 Å². The SMILES string of the molecule is CCC(Sc1nc2c(cc1C#N)CCCCC2)C(=O)Nc1nc2ccccc2s1. The minimum absolute atomic E-state index is 0.0998. The molecule has 1 amide bonds. The zero-order valence-corrected chi connectivity index (χ0v) is 17.9. The van der Waals surface area contributed by atoms with Crippen LogP contribution in [-0.2, 0) is 17.6 Å². The Kier molecular flexibility index (Phi) is 6.12. The van der Waals surface area contributed by atoms with Gasteiger partial charge in [-0.15, -0.1) is 0 Å². The van der Waals surface area contributed by atoms with Gasteiger partial charge in [-0.25, -0.2) is 9.97 Å². The Labute approximate surface area is 178 Å². The second-order valence-corrected chi connectivity index (χ2v) is 9.33. The number of thioether (sulfide) groups is 1. The number of hydrogen-bond donors (Lipinski definition) is 1. The van der Waals surface area contributed by atoms with Gasteiger partial charge >= 0.3 is 0 Å². The number of fused-ring (bicyclic) bond motifs is 2. The quantitative estimate of drug-likeness (QED) is 0.443. The molecule has 5 nitrogen and oxygen atoms in total. The number of pyridine rings is 1. The van der Waals surface area contributed by atoms with Gasteiger partial charge in [0.05, 0.1) is 21.0 Å². The van der Waals surface area contributed by atoms with E-state index in [4.69, 9.17) is 4.98 Å². The van der Waals surface area contributed by atoms with E-state index in [1.165, 1.54) is 35.1 Å². The van der Waals surface area contributed by atoms with Crippen LogP contribution in [0.1, 0.15) is 49.4 Å². The number of anilines is 1. The molecular weight excluding hydrogens is 400 g/mol. The summed E-state index contributed by atoms with van der Waals surface area (Å²) in [6.45, 7) is 1.98. The fraction of sp³-hybridized carbons (Fsp3) is 0.364. The van der Waals surface area contributed by atoms with Crippen molar-refractivity contribution in [3.63, 3.8) is 0 Å². The van der Waals surface area contributed by atoms with E-state index >= 15 is 0 Å². The lowest BCUT2D eigenvalue weighted by Gasteiger charge is -2.15. The maximum absolute atomic E-state index is 12.9. The normalized spacial score (nSPS) is 14.6. The molecule has 0 saturated carbocycles. The number of carbonyl (C=O) groups is 1. The fourth-order valence-corrected chi connectivity index (χ4v) is 5.40. The van der Waals surface area contributed by atoms with E-state index in [2.05, 4.69) is 16.4 Å². The molecule has 2 aromatic heterocycles. The molecule has 0 saturated heterocycles. The van der Waals surface area contributed by atoms with E-state index in [1.54, 1.807) is 0 Å². The predicted molar refractivity (Wildman–Crippen MR) is 118 cm³/mol. The number of aryl methyl sites for hydroxylation is 2. The zero-order valence-electron chi connectivity index (χ0n) is 16.3. The standard InChI is InChI=1S/C22H22N4OS2/c1-2-18(20(27)26-22-25-17-10-6-7-11-19(17)29-22)28-21-15(13-23)12-14-8-4-3-5-9-16(14)24-21/h6-7,10-12,18H,2-5,8-9H2,1H3,(H,25,26,27). The summed E-state index contributed by atoms with van der Waals surface area (Å²) >= 11 is 2.85. The topological polar surface area (TPSA) is 78.7 Å². The third kappa shape index (κ3) is 4.44. The molecule has 0 spiro atoms. The van der Waals surface area contributed by atoms with Crippen LogP contribution in [0.3, 0.4) is 0 Å². The van der Waals surface area contributed by atoms with Gasteiger partial charge in [0.25, 0.3) is 0 Å². The number of nitriles is 1. The number of carbonyl (C=O) groups excluding carboxylic acids is 1. The Morgan fingerprint density at radius 1 is 1.28 bits per heavy atom. The highest BCUT2D eigenvalue weighted by atomic mass is 32.2. The molecule has 4 rings (SSSR count). The highest BCUT2D eigenvalue weighted by Crippen LogP contribution is 2.32. The zero-order chi connectivity index (χ0) is 20.2. The Hall–Kier alpha value is -2.43. The minimum atomic E-state index is -0.328. The summed E-state index contributed by atoms with van der Waals surface area (Å²) in [5.41, 5.74) is 3.73. The Bertz CT molecular complexity index is 1050. The summed E-state index contributed by atoms with van der Waals surface area (Å²) in [4.78, 5) is 22.2. The van der Waals surface area contributed by atoms with Crippen molar-refractivity contribution in [3.05, 3.63) is 47.2 Å². The lowest BCUT2D eigenvalue weighted by Crippen LogP contribution is -2.24. The van der Waals surface area contributed by atoms with Gasteiger partial charge in [0.1, 0.15) is 11.1 Å². The third-order valence-corrected chi connectivity index (χ3v) is 7.40. The second-order valence-electron chi connectivity index (χ2n) is 7.11. The van der Waals surface area contributed by atoms with Gasteiger partial charge in [-0.05, 0) is 55.9 Å². The number of rotatable bonds is 5. The van der Waals surface area contributed by atoms with Crippen LogP contribution in [0, 0.1) is 11.3 Å². The van der Waals surface area contributed by atoms with Crippen LogP contribution in [0.15, 0.2) is 35.4 Å². The maximum atomic E-state index is 12.9. The Balaban J connectivity index is 1.54. The number of para-hydroxylation sites is 1. The predicted octanol–water partition coefficient (Wildman–Crippen LogP) is 5.34. The molecule has 3 aromatic rings. The summed E-state index contributed by atoms with van der Waals surface area (Å²) in [6, 6.07) is 12.1. The first-order chi connectivity index (χ1) is 14.2. The molecule has 0 fully saturated rings. The first-order valence-corrected chi connectivity index (χ1v) is 11.6. The van der Waals surface area contributed by atoms with Gasteiger partial charge in [0, 0.05) is 5.69 Å². The molecule has 29 heavy (non-hydrogen) atoms. The van der Waals surface area contributed by atoms with Crippen molar-refractivity contribution < 1.29 is 4.79 Å². The molecule has 2 heterocycles. The van der Waals surface area contributed by atoms with Crippen molar-refractivity contribution in [2.75, 3.05) is 5.32 Å². The summed E-state index contributed by atoms with van der Waals surface area (Å²) < 4.78 is 1.04. The van der Waals surface area contributed by atoms with E-state index in [0.29, 0.717) is 22.1 Å². The van der Waals surface area contributed by atoms with Crippen LogP contribution in [0.2, 0.25) is 0 Å². The van der Waals surface area contributed by atoms with Crippen LogP contribution < -0.4 is 5.32 Å². The van der Waals surface area contributed by atoms with Crippen molar-refractivity contribution in [3.8, 4) is 6.07 Å². The molecule has 148 valence electrons. The number of aromatic nitrogens is 2. The molecule has 7 heteroatoms. The molecule has 1 unspecified atom stereocenters. The van der Waals surface area contributed by atoms with Gasteiger partial charge in [0.2, 0.25) is 5.91 Å². The van der Waals surface area contributed by atoms with E-state index in [0.717, 1.165) is 41.6 Å². The van der Waals surface area contributed by atoms with Crippen molar-refractivity contribution in [2.45, 2.75) is 55.7 Å². The summed E-state index contributed by atoms with van der Waals surface area (Å²) in [5, 5.41) is 13.5. The van der Waals surface area contributed by atoms with E-state index in [-0.39, 0.29) is 11.2 Å². The van der Waals surface area contributed by atoms with Crippen LogP contribution in [-0.4, -0.2) is 21.1 Å². The van der Waals surface area contributed by atoms with Crippen LogP contribution in [0.5, 0.6) is 0 Å². The summed E-state index contributed by atoms with van der Waals surface area (Å²) in [5.74, 6) is -0.0998. The minimum Gasteiger partial charge on any atom is -0.301 e. The van der Waals surface area contributed by atoms with Crippen LogP contribution >= 0.6 is 23.1 Å². The van der Waals surface area contributed by atoms with Gasteiger partial charge in [-0.2, -0.15) is 5.26 Å². The molecule has 1 aliphatic rings. The van der Waals surface area contributed by atoms with Crippen LogP contribution in [0.25, 0.3) is 10.2 Å². The van der Waals surface area contributed by atoms with Gasteiger partial charge < -0.3 is 5.32 Å². The third-order valence-electron chi connectivity index (χ3n) is 5.08. The number of hydrogen-bond acceptors (Lipinski definition) is 6. The smallest absolute Gasteiger partial charge is 0.239 e. The number of nitrogens with zero attached hydrogens (tertiary/aromatic N) is 3. The second kappa shape index (κ2) is 8.93. The van der Waals surface area contributed by atoms with Crippen molar-refractivity contribution in [2.24, 2.45) is 0 Å². The lowest BCUT2D eigenvalue weighted by atomic mass is 10.1. The molecule has 1 atom stereocenters. The maximum Gasteiger partial charge on any atom is 0.239 e. The number of benzene rings is 1. The monoisotopic (exact) mass is 422 g/mol. The average molecular weight is 423 g/mol. The molecular formula is C22H22N4OS2. The van der Waals surface area contributed by atoms with Gasteiger partial charge in [-0.3, -0.25) is 4.79 Å². The molecule has 1 N–H and O–H groups in total. The number of amides is 1. The first kappa shape index (κ1) is 19.9. The largest absolute Gasteiger partial charge is 0.301 e.